The maximum Gasteiger partial charge on any atom is 0.330 e. The Labute approximate surface area is 83.2 Å². The molecule has 0 aliphatic rings. The Hall–Kier alpha value is -1.61. The van der Waals surface area contributed by atoms with Crippen molar-refractivity contribution >= 4 is 12.0 Å². The van der Waals surface area contributed by atoms with Gasteiger partial charge in [-0.25, -0.2) is 4.79 Å². The monoisotopic (exact) mass is 191 g/mol. The lowest BCUT2D eigenvalue weighted by atomic mass is 10.1. The molecular formula is C11H13NO2. The Morgan fingerprint density at radius 2 is 2.36 bits per heavy atom. The van der Waals surface area contributed by atoms with Crippen LogP contribution in [0.25, 0.3) is 6.08 Å². The molecule has 0 bridgehead atoms. The molecular weight excluding hydrogens is 178 g/mol. The van der Waals surface area contributed by atoms with Crippen LogP contribution in [0, 0.1) is 0 Å². The fourth-order valence-corrected chi connectivity index (χ4v) is 1.06. The van der Waals surface area contributed by atoms with Crippen molar-refractivity contribution in [2.24, 2.45) is 5.73 Å². The van der Waals surface area contributed by atoms with Crippen molar-refractivity contribution in [1.82, 2.24) is 0 Å². The second-order valence-corrected chi connectivity index (χ2v) is 2.81. The van der Waals surface area contributed by atoms with E-state index in [9.17, 15) is 4.79 Å². The predicted molar refractivity (Wildman–Crippen MR) is 55.4 cm³/mol. The molecule has 74 valence electrons. The van der Waals surface area contributed by atoms with E-state index < -0.39 is 0 Å². The number of ether oxygens (including phenoxy) is 1. The SMILES string of the molecule is COC(=O)/C=C/c1cccc(CN)c1. The second-order valence-electron chi connectivity index (χ2n) is 2.81. The quantitative estimate of drug-likeness (QED) is 0.579. The number of hydrogen-bond donors (Lipinski definition) is 1. The molecule has 0 amide bonds. The first-order valence-electron chi connectivity index (χ1n) is 4.31. The molecule has 1 aromatic carbocycles. The molecule has 0 unspecified atom stereocenters. The zero-order chi connectivity index (χ0) is 10.4. The molecule has 0 aliphatic heterocycles. The number of methoxy groups -OCH3 is 1. The van der Waals surface area contributed by atoms with Gasteiger partial charge in [-0.15, -0.1) is 0 Å². The van der Waals surface area contributed by atoms with Crippen molar-refractivity contribution in [3.63, 3.8) is 0 Å². The zero-order valence-electron chi connectivity index (χ0n) is 8.07. The van der Waals surface area contributed by atoms with E-state index in [1.807, 2.05) is 24.3 Å². The number of carbonyl (C=O) groups is 1. The first-order valence-corrected chi connectivity index (χ1v) is 4.31. The largest absolute Gasteiger partial charge is 0.466 e. The van der Waals surface area contributed by atoms with Crippen LogP contribution in [0.5, 0.6) is 0 Å². The van der Waals surface area contributed by atoms with Crippen LogP contribution in [-0.2, 0) is 16.1 Å². The molecule has 3 nitrogen and oxygen atoms in total. The predicted octanol–water partition coefficient (Wildman–Crippen LogP) is 1.33. The van der Waals surface area contributed by atoms with Gasteiger partial charge in [0, 0.05) is 12.6 Å². The van der Waals surface area contributed by atoms with Crippen molar-refractivity contribution < 1.29 is 9.53 Å². The molecule has 0 saturated carbocycles. The second kappa shape index (κ2) is 5.19. The van der Waals surface area contributed by atoms with Gasteiger partial charge in [-0.3, -0.25) is 0 Å². The van der Waals surface area contributed by atoms with Gasteiger partial charge in [-0.2, -0.15) is 0 Å². The number of benzene rings is 1. The summed E-state index contributed by atoms with van der Waals surface area (Å²) in [5.74, 6) is -0.358. The third-order valence-electron chi connectivity index (χ3n) is 1.80. The van der Waals surface area contributed by atoms with E-state index >= 15 is 0 Å². The van der Waals surface area contributed by atoms with Crippen LogP contribution in [0.2, 0.25) is 0 Å². The number of rotatable bonds is 3. The molecule has 1 aromatic rings. The average molecular weight is 191 g/mol. The van der Waals surface area contributed by atoms with Crippen LogP contribution in [0.1, 0.15) is 11.1 Å². The summed E-state index contributed by atoms with van der Waals surface area (Å²) < 4.78 is 4.48. The van der Waals surface area contributed by atoms with Gasteiger partial charge in [0.25, 0.3) is 0 Å². The summed E-state index contributed by atoms with van der Waals surface area (Å²) >= 11 is 0. The third-order valence-corrected chi connectivity index (χ3v) is 1.80. The highest BCUT2D eigenvalue weighted by atomic mass is 16.5. The Morgan fingerprint density at radius 1 is 1.57 bits per heavy atom. The maximum atomic E-state index is 10.8. The highest BCUT2D eigenvalue weighted by Gasteiger charge is 1.93. The minimum Gasteiger partial charge on any atom is -0.466 e. The van der Waals surface area contributed by atoms with Gasteiger partial charge in [0.1, 0.15) is 0 Å². The summed E-state index contributed by atoms with van der Waals surface area (Å²) in [5, 5.41) is 0. The molecule has 0 aromatic heterocycles. The lowest BCUT2D eigenvalue weighted by molar-refractivity contribution is -0.134. The van der Waals surface area contributed by atoms with Gasteiger partial charge in [0.05, 0.1) is 7.11 Å². The van der Waals surface area contributed by atoms with E-state index in [1.165, 1.54) is 13.2 Å². The fraction of sp³-hybridized carbons (Fsp3) is 0.182. The molecule has 1 rings (SSSR count). The molecule has 0 radical (unpaired) electrons. The summed E-state index contributed by atoms with van der Waals surface area (Å²) in [6.07, 6.45) is 3.08. The maximum absolute atomic E-state index is 10.8. The van der Waals surface area contributed by atoms with E-state index in [2.05, 4.69) is 4.74 Å². The fourth-order valence-electron chi connectivity index (χ4n) is 1.06. The molecule has 0 heterocycles. The molecule has 2 N–H and O–H groups in total. The smallest absolute Gasteiger partial charge is 0.330 e. The van der Waals surface area contributed by atoms with Crippen molar-refractivity contribution in [3.8, 4) is 0 Å². The summed E-state index contributed by atoms with van der Waals surface area (Å²) in [6.45, 7) is 0.500. The summed E-state index contributed by atoms with van der Waals surface area (Å²) in [7, 11) is 1.35. The van der Waals surface area contributed by atoms with Gasteiger partial charge in [0.15, 0.2) is 0 Å². The summed E-state index contributed by atoms with van der Waals surface area (Å²) in [5.41, 5.74) is 7.47. The lowest BCUT2D eigenvalue weighted by Crippen LogP contribution is -1.96. The van der Waals surface area contributed by atoms with Gasteiger partial charge in [-0.05, 0) is 17.2 Å². The zero-order valence-corrected chi connectivity index (χ0v) is 8.07. The lowest BCUT2D eigenvalue weighted by Gasteiger charge is -1.97. The first-order chi connectivity index (χ1) is 6.76. The molecule has 0 atom stereocenters. The Balaban J connectivity index is 2.76. The highest BCUT2D eigenvalue weighted by Crippen LogP contribution is 2.06. The van der Waals surface area contributed by atoms with Gasteiger partial charge in [-0.1, -0.05) is 24.3 Å². The Kier molecular flexibility index (Phi) is 3.88. The Bertz CT molecular complexity index is 345. The van der Waals surface area contributed by atoms with Crippen LogP contribution >= 0.6 is 0 Å². The number of carbonyl (C=O) groups excluding carboxylic acids is 1. The average Bonchev–Trinajstić information content (AvgIpc) is 2.26. The number of nitrogens with two attached hydrogens (primary N) is 1. The van der Waals surface area contributed by atoms with Crippen LogP contribution in [0.15, 0.2) is 30.3 Å². The van der Waals surface area contributed by atoms with Crippen molar-refractivity contribution in [2.45, 2.75) is 6.54 Å². The highest BCUT2D eigenvalue weighted by molar-refractivity contribution is 5.86. The van der Waals surface area contributed by atoms with Crippen molar-refractivity contribution in [3.05, 3.63) is 41.5 Å². The van der Waals surface area contributed by atoms with Crippen molar-refractivity contribution in [1.29, 1.82) is 0 Å². The first kappa shape index (κ1) is 10.5. The normalized spacial score (nSPS) is 10.4. The van der Waals surface area contributed by atoms with Crippen LogP contribution in [0.4, 0.5) is 0 Å². The van der Waals surface area contributed by atoms with Gasteiger partial charge in [0.2, 0.25) is 0 Å². The third kappa shape index (κ3) is 3.03. The van der Waals surface area contributed by atoms with E-state index in [0.29, 0.717) is 6.54 Å². The standard InChI is InChI=1S/C11H13NO2/c1-14-11(13)6-5-9-3-2-4-10(7-9)8-12/h2-7H,8,12H2,1H3/b6-5+. The number of esters is 1. The molecule has 0 aliphatic carbocycles. The van der Waals surface area contributed by atoms with E-state index in [1.54, 1.807) is 6.08 Å². The van der Waals surface area contributed by atoms with Crippen LogP contribution in [0.3, 0.4) is 0 Å². The molecule has 14 heavy (non-hydrogen) atoms. The van der Waals surface area contributed by atoms with Crippen LogP contribution in [-0.4, -0.2) is 13.1 Å². The topological polar surface area (TPSA) is 52.3 Å². The van der Waals surface area contributed by atoms with E-state index in [0.717, 1.165) is 11.1 Å². The van der Waals surface area contributed by atoms with Gasteiger partial charge >= 0.3 is 5.97 Å². The van der Waals surface area contributed by atoms with Crippen molar-refractivity contribution in [2.75, 3.05) is 7.11 Å². The van der Waals surface area contributed by atoms with Gasteiger partial charge < -0.3 is 10.5 Å². The molecule has 0 spiro atoms. The van der Waals surface area contributed by atoms with Crippen LogP contribution < -0.4 is 5.73 Å². The molecule has 0 fully saturated rings. The summed E-state index contributed by atoms with van der Waals surface area (Å²) in [6, 6.07) is 7.67. The van der Waals surface area contributed by atoms with E-state index in [-0.39, 0.29) is 5.97 Å². The van der Waals surface area contributed by atoms with E-state index in [4.69, 9.17) is 5.73 Å². The molecule has 3 heteroatoms. The minimum atomic E-state index is -0.358. The minimum absolute atomic E-state index is 0.358. The summed E-state index contributed by atoms with van der Waals surface area (Å²) in [4.78, 5) is 10.8. The Morgan fingerprint density at radius 3 is 3.00 bits per heavy atom. The number of hydrogen-bond acceptors (Lipinski definition) is 3. The molecule has 0 saturated heterocycles.